The largest absolute Gasteiger partial charge is 0.458 e. The lowest BCUT2D eigenvalue weighted by Gasteiger charge is -2.30. The summed E-state index contributed by atoms with van der Waals surface area (Å²) in [5.74, 6) is 0.107. The van der Waals surface area contributed by atoms with Crippen molar-refractivity contribution in [3.63, 3.8) is 0 Å². The first kappa shape index (κ1) is 10.9. The summed E-state index contributed by atoms with van der Waals surface area (Å²) in [5, 5.41) is 0. The average Bonchev–Trinajstić information content (AvgIpc) is 3.07. The predicted molar refractivity (Wildman–Crippen MR) is 65.4 cm³/mol. The fourth-order valence-electron chi connectivity index (χ4n) is 5.24. The fourth-order valence-corrected chi connectivity index (χ4v) is 5.24. The summed E-state index contributed by atoms with van der Waals surface area (Å²) in [6, 6.07) is 0. The van der Waals surface area contributed by atoms with Gasteiger partial charge in [0.25, 0.3) is 0 Å². The van der Waals surface area contributed by atoms with Gasteiger partial charge in [-0.2, -0.15) is 0 Å². The van der Waals surface area contributed by atoms with Crippen LogP contribution in [0.4, 0.5) is 0 Å². The molecule has 2 aliphatic carbocycles. The number of epoxide rings is 2. The molecule has 5 fully saturated rings. The summed E-state index contributed by atoms with van der Waals surface area (Å²) in [6.45, 7) is 8.30. The third-order valence-corrected chi connectivity index (χ3v) is 6.46. The molecule has 7 unspecified atom stereocenters. The Morgan fingerprint density at radius 1 is 1.37 bits per heavy atom. The monoisotopic (exact) mass is 262 g/mol. The highest BCUT2D eigenvalue weighted by molar-refractivity contribution is 5.91. The van der Waals surface area contributed by atoms with Gasteiger partial charge >= 0.3 is 5.97 Å². The first-order chi connectivity index (χ1) is 8.91. The second kappa shape index (κ2) is 2.63. The summed E-state index contributed by atoms with van der Waals surface area (Å²) in [7, 11) is 0. The highest BCUT2D eigenvalue weighted by Gasteiger charge is 2.87. The topological polar surface area (TPSA) is 51.4 Å². The summed E-state index contributed by atoms with van der Waals surface area (Å²) in [6.07, 6.45) is 3.07. The van der Waals surface area contributed by atoms with Crippen molar-refractivity contribution >= 4 is 5.97 Å². The Labute approximate surface area is 112 Å². The van der Waals surface area contributed by atoms with Crippen molar-refractivity contribution in [2.75, 3.05) is 0 Å². The predicted octanol–water partition coefficient (Wildman–Crippen LogP) is 1.58. The number of hydrogen-bond donors (Lipinski definition) is 0. The van der Waals surface area contributed by atoms with E-state index < -0.39 is 0 Å². The number of carbonyl (C=O) groups is 1. The van der Waals surface area contributed by atoms with Crippen LogP contribution >= 0.6 is 0 Å². The first-order valence-corrected chi connectivity index (χ1v) is 7.19. The molecule has 0 aromatic heterocycles. The van der Waals surface area contributed by atoms with Gasteiger partial charge in [-0.3, -0.25) is 0 Å². The first-order valence-electron chi connectivity index (χ1n) is 7.19. The van der Waals surface area contributed by atoms with E-state index in [2.05, 4.69) is 20.4 Å². The molecule has 0 radical (unpaired) electrons. The lowest BCUT2D eigenvalue weighted by molar-refractivity contribution is -0.144. The standard InChI is InChI=1S/C15H18O4/c1-7-8-4-5-13(2)15(19-13)6-9-14(3,18-9)11(15)10(8)17-12(7)16/h8-11H,1,4-6H2,2-3H3. The molecule has 0 aromatic carbocycles. The number of hydrogen-bond acceptors (Lipinski definition) is 4. The van der Waals surface area contributed by atoms with Crippen LogP contribution in [0, 0.1) is 11.8 Å². The van der Waals surface area contributed by atoms with Crippen LogP contribution in [0.1, 0.15) is 33.1 Å². The molecule has 3 aliphatic heterocycles. The van der Waals surface area contributed by atoms with Crippen molar-refractivity contribution in [3.8, 4) is 0 Å². The molecule has 0 amide bonds. The van der Waals surface area contributed by atoms with Gasteiger partial charge in [0.1, 0.15) is 17.3 Å². The van der Waals surface area contributed by atoms with Gasteiger partial charge in [-0.1, -0.05) is 6.58 Å². The number of ether oxygens (including phenoxy) is 3. The van der Waals surface area contributed by atoms with E-state index in [9.17, 15) is 4.79 Å². The zero-order valence-corrected chi connectivity index (χ0v) is 11.3. The van der Waals surface area contributed by atoms with Crippen LogP contribution in [0.25, 0.3) is 0 Å². The van der Waals surface area contributed by atoms with Gasteiger partial charge in [-0.05, 0) is 26.7 Å². The van der Waals surface area contributed by atoms with Crippen LogP contribution in [-0.4, -0.2) is 35.0 Å². The van der Waals surface area contributed by atoms with E-state index in [-0.39, 0.29) is 46.8 Å². The third-order valence-electron chi connectivity index (χ3n) is 6.46. The van der Waals surface area contributed by atoms with Gasteiger partial charge in [0, 0.05) is 17.9 Å². The van der Waals surface area contributed by atoms with E-state index in [0.717, 1.165) is 19.3 Å². The van der Waals surface area contributed by atoms with Crippen LogP contribution in [0.15, 0.2) is 12.2 Å². The maximum absolute atomic E-state index is 11.9. The van der Waals surface area contributed by atoms with Gasteiger partial charge in [0.05, 0.1) is 17.6 Å². The lowest BCUT2D eigenvalue weighted by Crippen LogP contribution is -2.43. The Kier molecular flexibility index (Phi) is 1.51. The smallest absolute Gasteiger partial charge is 0.334 e. The van der Waals surface area contributed by atoms with E-state index in [4.69, 9.17) is 14.2 Å². The molecule has 5 aliphatic rings. The molecule has 3 saturated heterocycles. The Hall–Kier alpha value is -0.870. The van der Waals surface area contributed by atoms with Crippen molar-refractivity contribution in [1.29, 1.82) is 0 Å². The minimum atomic E-state index is -0.220. The molecule has 7 atom stereocenters. The molecule has 102 valence electrons. The van der Waals surface area contributed by atoms with Crippen molar-refractivity contribution in [2.24, 2.45) is 11.8 Å². The van der Waals surface area contributed by atoms with Gasteiger partial charge < -0.3 is 14.2 Å². The summed E-state index contributed by atoms with van der Waals surface area (Å²) < 4.78 is 17.8. The molecule has 0 aromatic rings. The molecule has 0 bridgehead atoms. The summed E-state index contributed by atoms with van der Waals surface area (Å²) >= 11 is 0. The summed E-state index contributed by atoms with van der Waals surface area (Å²) in [4.78, 5) is 11.9. The number of fused-ring (bicyclic) bond motifs is 4. The van der Waals surface area contributed by atoms with Crippen LogP contribution in [0.2, 0.25) is 0 Å². The quantitative estimate of drug-likeness (QED) is 0.378. The molecule has 0 N–H and O–H groups in total. The number of carbonyl (C=O) groups excluding carboxylic acids is 1. The van der Waals surface area contributed by atoms with E-state index in [0.29, 0.717) is 5.57 Å². The van der Waals surface area contributed by atoms with E-state index in [1.54, 1.807) is 0 Å². The molecular weight excluding hydrogens is 244 g/mol. The second-order valence-corrected chi connectivity index (χ2v) is 7.23. The van der Waals surface area contributed by atoms with Gasteiger partial charge in [-0.25, -0.2) is 4.79 Å². The third kappa shape index (κ3) is 0.953. The number of rotatable bonds is 0. The maximum Gasteiger partial charge on any atom is 0.334 e. The van der Waals surface area contributed by atoms with E-state index >= 15 is 0 Å². The Bertz CT molecular complexity index is 542. The normalized spacial score (nSPS) is 64.5. The SMILES string of the molecule is C=C1C(=O)OC2C1CCC1(C)OC13CC1OC1(C)C23. The Morgan fingerprint density at radius 2 is 2.16 bits per heavy atom. The second-order valence-electron chi connectivity index (χ2n) is 7.23. The zero-order chi connectivity index (χ0) is 13.2. The molecule has 19 heavy (non-hydrogen) atoms. The highest BCUT2D eigenvalue weighted by atomic mass is 16.7. The van der Waals surface area contributed by atoms with E-state index in [1.807, 2.05) is 0 Å². The zero-order valence-electron chi connectivity index (χ0n) is 11.3. The van der Waals surface area contributed by atoms with Crippen LogP contribution in [0.5, 0.6) is 0 Å². The van der Waals surface area contributed by atoms with Crippen LogP contribution < -0.4 is 0 Å². The molecular formula is C15H18O4. The van der Waals surface area contributed by atoms with Gasteiger partial charge in [0.2, 0.25) is 0 Å². The molecule has 1 spiro atoms. The molecule has 4 nitrogen and oxygen atoms in total. The lowest BCUT2D eigenvalue weighted by atomic mass is 9.76. The van der Waals surface area contributed by atoms with Crippen LogP contribution in [-0.2, 0) is 19.0 Å². The van der Waals surface area contributed by atoms with Crippen LogP contribution in [0.3, 0.4) is 0 Å². The fraction of sp³-hybridized carbons (Fsp3) is 0.800. The minimum absolute atomic E-state index is 0.0471. The van der Waals surface area contributed by atoms with Gasteiger partial charge in [0.15, 0.2) is 0 Å². The Morgan fingerprint density at radius 3 is 2.95 bits per heavy atom. The van der Waals surface area contributed by atoms with Crippen molar-refractivity contribution in [1.82, 2.24) is 0 Å². The average molecular weight is 262 g/mol. The molecule has 2 saturated carbocycles. The molecule has 3 heterocycles. The highest BCUT2D eigenvalue weighted by Crippen LogP contribution is 2.75. The molecule has 4 heteroatoms. The maximum atomic E-state index is 11.9. The van der Waals surface area contributed by atoms with Gasteiger partial charge in [-0.15, -0.1) is 0 Å². The van der Waals surface area contributed by atoms with Crippen molar-refractivity contribution < 1.29 is 19.0 Å². The Balaban J connectivity index is 1.65. The summed E-state index contributed by atoms with van der Waals surface area (Å²) in [5.41, 5.74) is 0.331. The molecule has 5 rings (SSSR count). The minimum Gasteiger partial charge on any atom is -0.458 e. The van der Waals surface area contributed by atoms with E-state index in [1.165, 1.54) is 0 Å². The van der Waals surface area contributed by atoms with Crippen molar-refractivity contribution in [3.05, 3.63) is 12.2 Å². The number of esters is 1. The van der Waals surface area contributed by atoms with Crippen molar-refractivity contribution in [2.45, 2.75) is 62.1 Å².